The monoisotopic (exact) mass is 317 g/mol. The van der Waals surface area contributed by atoms with Crippen LogP contribution in [0.15, 0.2) is 12.1 Å². The molecule has 1 aromatic rings. The second kappa shape index (κ2) is 6.66. The van der Waals surface area contributed by atoms with E-state index in [2.05, 4.69) is 5.32 Å². The minimum atomic E-state index is -4.14. The topological polar surface area (TPSA) is 12.0 Å². The first kappa shape index (κ1) is 16.4. The van der Waals surface area contributed by atoms with Crippen LogP contribution in [0.25, 0.3) is 0 Å². The molecule has 0 heterocycles. The Hall–Kier alpha value is -0.680. The Morgan fingerprint density at radius 3 is 2.21 bits per heavy atom. The number of hydrogen-bond donors (Lipinski definition) is 1. The van der Waals surface area contributed by atoms with Crippen LogP contribution >= 0.6 is 23.2 Å². The Morgan fingerprint density at radius 2 is 1.74 bits per heavy atom. The number of hydrogen-bond acceptors (Lipinski definition) is 1. The van der Waals surface area contributed by atoms with E-state index >= 15 is 0 Å². The van der Waals surface area contributed by atoms with Gasteiger partial charge in [-0.05, 0) is 31.9 Å². The first-order valence-electron chi connectivity index (χ1n) is 5.67. The minimum Gasteiger partial charge on any atom is -0.383 e. The van der Waals surface area contributed by atoms with Gasteiger partial charge in [0.2, 0.25) is 0 Å². The molecule has 1 N–H and O–H groups in total. The Bertz CT molecular complexity index is 411. The lowest BCUT2D eigenvalue weighted by Gasteiger charge is -2.16. The minimum absolute atomic E-state index is 0.0281. The molecule has 108 valence electrons. The largest absolute Gasteiger partial charge is 0.389 e. The third kappa shape index (κ3) is 5.87. The molecule has 0 aliphatic rings. The van der Waals surface area contributed by atoms with Gasteiger partial charge in [-0.25, -0.2) is 4.39 Å². The third-order valence-corrected chi connectivity index (χ3v) is 3.04. The van der Waals surface area contributed by atoms with Gasteiger partial charge in [-0.3, -0.25) is 0 Å². The molecule has 0 saturated heterocycles. The molecule has 1 unspecified atom stereocenters. The number of nitrogens with one attached hydrogen (secondary N) is 1. The molecule has 0 aromatic heterocycles. The van der Waals surface area contributed by atoms with Crippen LogP contribution in [0.1, 0.15) is 26.2 Å². The summed E-state index contributed by atoms with van der Waals surface area (Å²) in [6, 6.07) is 2.51. The van der Waals surface area contributed by atoms with Crippen molar-refractivity contribution in [2.45, 2.75) is 38.4 Å². The standard InChI is InChI=1S/C12H13Cl2F4N/c1-7(3-2-4-12(16,17)18)19-8-5-9(13)11(15)10(14)6-8/h5-7,19H,2-4H2,1H3. The lowest BCUT2D eigenvalue weighted by molar-refractivity contribution is -0.135. The van der Waals surface area contributed by atoms with Crippen molar-refractivity contribution in [3.05, 3.63) is 28.0 Å². The van der Waals surface area contributed by atoms with E-state index in [1.165, 1.54) is 12.1 Å². The van der Waals surface area contributed by atoms with Gasteiger partial charge in [-0.15, -0.1) is 0 Å². The van der Waals surface area contributed by atoms with Crippen molar-refractivity contribution >= 4 is 28.9 Å². The first-order chi connectivity index (χ1) is 8.69. The van der Waals surface area contributed by atoms with Gasteiger partial charge in [0.05, 0.1) is 10.0 Å². The maximum Gasteiger partial charge on any atom is 0.389 e. The average molecular weight is 318 g/mol. The highest BCUT2D eigenvalue weighted by atomic mass is 35.5. The van der Waals surface area contributed by atoms with E-state index < -0.39 is 18.4 Å². The smallest absolute Gasteiger partial charge is 0.383 e. The zero-order valence-electron chi connectivity index (χ0n) is 10.1. The summed E-state index contributed by atoms with van der Waals surface area (Å²) in [5, 5.41) is 2.68. The van der Waals surface area contributed by atoms with Crippen molar-refractivity contribution in [3.63, 3.8) is 0 Å². The van der Waals surface area contributed by atoms with E-state index in [-0.39, 0.29) is 22.5 Å². The molecule has 0 bridgehead atoms. The van der Waals surface area contributed by atoms with Crippen molar-refractivity contribution in [2.24, 2.45) is 0 Å². The number of anilines is 1. The van der Waals surface area contributed by atoms with Crippen LogP contribution in [-0.2, 0) is 0 Å². The summed E-state index contributed by atoms with van der Waals surface area (Å²) in [4.78, 5) is 0. The zero-order chi connectivity index (χ0) is 14.6. The maximum absolute atomic E-state index is 13.2. The van der Waals surface area contributed by atoms with Crippen LogP contribution in [-0.4, -0.2) is 12.2 Å². The molecule has 19 heavy (non-hydrogen) atoms. The molecule has 0 saturated carbocycles. The fraction of sp³-hybridized carbons (Fsp3) is 0.500. The van der Waals surface area contributed by atoms with Gasteiger partial charge in [0.25, 0.3) is 0 Å². The zero-order valence-corrected chi connectivity index (χ0v) is 11.6. The first-order valence-corrected chi connectivity index (χ1v) is 6.42. The summed E-state index contributed by atoms with van der Waals surface area (Å²) < 4.78 is 49.1. The molecule has 0 aliphatic carbocycles. The maximum atomic E-state index is 13.2. The van der Waals surface area contributed by atoms with Crippen LogP contribution < -0.4 is 5.32 Å². The van der Waals surface area contributed by atoms with Gasteiger partial charge in [0, 0.05) is 18.2 Å². The van der Waals surface area contributed by atoms with Crippen molar-refractivity contribution in [2.75, 3.05) is 5.32 Å². The quantitative estimate of drug-likeness (QED) is 0.545. The highest BCUT2D eigenvalue weighted by Gasteiger charge is 2.26. The second-order valence-electron chi connectivity index (χ2n) is 4.31. The van der Waals surface area contributed by atoms with E-state index in [1.54, 1.807) is 6.92 Å². The van der Waals surface area contributed by atoms with Crippen molar-refractivity contribution < 1.29 is 17.6 Å². The highest BCUT2D eigenvalue weighted by molar-refractivity contribution is 6.35. The SMILES string of the molecule is CC(CCCC(F)(F)F)Nc1cc(Cl)c(F)c(Cl)c1. The number of alkyl halides is 3. The van der Waals surface area contributed by atoms with Gasteiger partial charge < -0.3 is 5.32 Å². The molecule has 7 heteroatoms. The molecule has 0 aliphatic heterocycles. The molecule has 1 aromatic carbocycles. The lowest BCUT2D eigenvalue weighted by Crippen LogP contribution is -2.16. The number of halogens is 6. The van der Waals surface area contributed by atoms with Crippen LogP contribution in [0.2, 0.25) is 10.0 Å². The van der Waals surface area contributed by atoms with Crippen LogP contribution in [0.3, 0.4) is 0 Å². The summed E-state index contributed by atoms with van der Waals surface area (Å²) in [5.74, 6) is -0.710. The molecule has 0 radical (unpaired) electrons. The Kier molecular flexibility index (Phi) is 5.74. The lowest BCUT2D eigenvalue weighted by atomic mass is 10.1. The third-order valence-electron chi connectivity index (χ3n) is 2.49. The molecule has 0 fully saturated rings. The summed E-state index contributed by atoms with van der Waals surface area (Å²) in [6.45, 7) is 1.74. The van der Waals surface area contributed by atoms with E-state index in [0.29, 0.717) is 12.1 Å². The molecule has 0 amide bonds. The molecule has 1 nitrogen and oxygen atoms in total. The second-order valence-corrected chi connectivity index (χ2v) is 5.12. The summed E-state index contributed by atoms with van der Waals surface area (Å²) >= 11 is 11.2. The normalized spacial score (nSPS) is 13.4. The van der Waals surface area contributed by atoms with E-state index in [1.807, 2.05) is 0 Å². The Labute approximate surface area is 118 Å². The Morgan fingerprint density at radius 1 is 1.21 bits per heavy atom. The van der Waals surface area contributed by atoms with Crippen molar-refractivity contribution in [3.8, 4) is 0 Å². The van der Waals surface area contributed by atoms with Gasteiger partial charge in [-0.2, -0.15) is 13.2 Å². The average Bonchev–Trinajstić information content (AvgIpc) is 2.23. The summed E-state index contributed by atoms with van der Waals surface area (Å²) in [5.41, 5.74) is 0.482. The van der Waals surface area contributed by atoms with Crippen LogP contribution in [0, 0.1) is 5.82 Å². The van der Waals surface area contributed by atoms with Gasteiger partial charge >= 0.3 is 6.18 Å². The molecular weight excluding hydrogens is 305 g/mol. The van der Waals surface area contributed by atoms with Crippen LogP contribution in [0.4, 0.5) is 23.2 Å². The number of benzene rings is 1. The van der Waals surface area contributed by atoms with Gasteiger partial charge in [0.1, 0.15) is 0 Å². The van der Waals surface area contributed by atoms with Crippen molar-refractivity contribution in [1.82, 2.24) is 0 Å². The fourth-order valence-electron chi connectivity index (χ4n) is 1.60. The molecule has 1 rings (SSSR count). The van der Waals surface area contributed by atoms with Gasteiger partial charge in [0.15, 0.2) is 5.82 Å². The van der Waals surface area contributed by atoms with E-state index in [9.17, 15) is 17.6 Å². The predicted molar refractivity (Wildman–Crippen MR) is 69.4 cm³/mol. The predicted octanol–water partition coefficient (Wildman–Crippen LogP) is 5.67. The van der Waals surface area contributed by atoms with Crippen molar-refractivity contribution in [1.29, 1.82) is 0 Å². The van der Waals surface area contributed by atoms with Crippen LogP contribution in [0.5, 0.6) is 0 Å². The van der Waals surface area contributed by atoms with E-state index in [0.717, 1.165) is 0 Å². The highest BCUT2D eigenvalue weighted by Crippen LogP contribution is 2.28. The molecule has 1 atom stereocenters. The fourth-order valence-corrected chi connectivity index (χ4v) is 2.09. The van der Waals surface area contributed by atoms with Gasteiger partial charge in [-0.1, -0.05) is 23.2 Å². The Balaban J connectivity index is 2.51. The number of rotatable bonds is 5. The van der Waals surface area contributed by atoms with E-state index in [4.69, 9.17) is 23.2 Å². The summed E-state index contributed by atoms with van der Waals surface area (Å²) in [6.07, 6.45) is -4.58. The molecule has 0 spiro atoms. The summed E-state index contributed by atoms with van der Waals surface area (Å²) in [7, 11) is 0. The molecular formula is C12H13Cl2F4N.